The number of nitrogens with zero attached hydrogens (tertiary/aromatic N) is 1. The number of carboxylic acids is 1. The molecular formula is C22H25NO5S. The SMILES string of the molecule is COc1ccc(SC2(CC(=O)O)CCN(C(=O)OCc3ccccc3)CC2)cc1. The summed E-state index contributed by atoms with van der Waals surface area (Å²) in [7, 11) is 1.61. The molecule has 1 fully saturated rings. The third-order valence-corrected chi connectivity index (χ3v) is 6.50. The number of benzene rings is 2. The predicted octanol–water partition coefficient (Wildman–Crippen LogP) is 4.43. The van der Waals surface area contributed by atoms with Crippen LogP contribution >= 0.6 is 11.8 Å². The summed E-state index contributed by atoms with van der Waals surface area (Å²) >= 11 is 1.57. The molecule has 0 aromatic heterocycles. The molecule has 0 saturated carbocycles. The monoisotopic (exact) mass is 415 g/mol. The van der Waals surface area contributed by atoms with Gasteiger partial charge in [-0.1, -0.05) is 30.3 Å². The molecule has 2 aromatic rings. The van der Waals surface area contributed by atoms with Crippen LogP contribution in [0.2, 0.25) is 0 Å². The topological polar surface area (TPSA) is 76.1 Å². The van der Waals surface area contributed by atoms with Crippen molar-refractivity contribution in [1.82, 2.24) is 4.90 Å². The molecule has 6 nitrogen and oxygen atoms in total. The van der Waals surface area contributed by atoms with E-state index in [0.29, 0.717) is 25.9 Å². The largest absolute Gasteiger partial charge is 0.497 e. The fourth-order valence-electron chi connectivity index (χ4n) is 3.39. The van der Waals surface area contributed by atoms with Crippen LogP contribution in [0.1, 0.15) is 24.8 Å². The Morgan fingerprint density at radius 3 is 2.31 bits per heavy atom. The summed E-state index contributed by atoms with van der Waals surface area (Å²) in [4.78, 5) is 26.6. The molecule has 0 unspecified atom stereocenters. The van der Waals surface area contributed by atoms with E-state index in [1.165, 1.54) is 0 Å². The van der Waals surface area contributed by atoms with E-state index < -0.39 is 10.7 Å². The molecule has 1 heterocycles. The summed E-state index contributed by atoms with van der Waals surface area (Å²) in [6, 6.07) is 17.2. The molecule has 29 heavy (non-hydrogen) atoms. The fourth-order valence-corrected chi connectivity index (χ4v) is 4.75. The molecule has 2 aromatic carbocycles. The third kappa shape index (κ3) is 5.90. The number of thioether (sulfide) groups is 1. The Balaban J connectivity index is 1.59. The summed E-state index contributed by atoms with van der Waals surface area (Å²) in [5.41, 5.74) is 0.938. The Labute approximate surface area is 174 Å². The van der Waals surface area contributed by atoms with Crippen LogP contribution in [0.25, 0.3) is 0 Å². The standard InChI is InChI=1S/C22H25NO5S/c1-27-18-7-9-19(10-8-18)29-22(15-20(24)25)11-13-23(14-12-22)21(26)28-16-17-5-3-2-4-6-17/h2-10H,11-16H2,1H3,(H,24,25). The van der Waals surface area contributed by atoms with Gasteiger partial charge in [-0.2, -0.15) is 0 Å². The van der Waals surface area contributed by atoms with Gasteiger partial charge < -0.3 is 19.5 Å². The zero-order valence-electron chi connectivity index (χ0n) is 16.4. The van der Waals surface area contributed by atoms with Crippen molar-refractivity contribution < 1.29 is 24.2 Å². The van der Waals surface area contributed by atoms with Gasteiger partial charge in [0, 0.05) is 22.7 Å². The van der Waals surface area contributed by atoms with Crippen LogP contribution in [0.4, 0.5) is 4.79 Å². The lowest BCUT2D eigenvalue weighted by Gasteiger charge is -2.40. The van der Waals surface area contributed by atoms with Gasteiger partial charge in [-0.3, -0.25) is 4.79 Å². The summed E-state index contributed by atoms with van der Waals surface area (Å²) < 4.78 is 10.1. The molecule has 3 rings (SSSR count). The Morgan fingerprint density at radius 2 is 1.72 bits per heavy atom. The third-order valence-electron chi connectivity index (χ3n) is 5.01. The zero-order valence-corrected chi connectivity index (χ0v) is 17.2. The molecule has 0 radical (unpaired) electrons. The molecule has 0 aliphatic carbocycles. The van der Waals surface area contributed by atoms with Crippen LogP contribution < -0.4 is 4.74 Å². The number of piperidine rings is 1. The molecule has 0 atom stereocenters. The van der Waals surface area contributed by atoms with Crippen molar-refractivity contribution in [3.8, 4) is 5.75 Å². The van der Waals surface area contributed by atoms with E-state index in [2.05, 4.69) is 0 Å². The van der Waals surface area contributed by atoms with Gasteiger partial charge >= 0.3 is 12.1 Å². The van der Waals surface area contributed by atoms with E-state index in [1.807, 2.05) is 54.6 Å². The Kier molecular flexibility index (Phi) is 7.04. The lowest BCUT2D eigenvalue weighted by atomic mass is 9.92. The number of hydrogen-bond donors (Lipinski definition) is 1. The van der Waals surface area contributed by atoms with Crippen LogP contribution in [0.5, 0.6) is 5.75 Å². The minimum atomic E-state index is -0.828. The smallest absolute Gasteiger partial charge is 0.410 e. The maximum atomic E-state index is 12.4. The number of methoxy groups -OCH3 is 1. The van der Waals surface area contributed by atoms with Crippen molar-refractivity contribution in [2.24, 2.45) is 0 Å². The summed E-state index contributed by atoms with van der Waals surface area (Å²) in [5, 5.41) is 9.44. The number of carbonyl (C=O) groups is 2. The Bertz CT molecular complexity index is 817. The van der Waals surface area contributed by atoms with Crippen molar-refractivity contribution in [2.75, 3.05) is 20.2 Å². The molecule has 1 saturated heterocycles. The van der Waals surface area contributed by atoms with Crippen LogP contribution in [-0.2, 0) is 16.1 Å². The Hall–Kier alpha value is -2.67. The number of hydrogen-bond acceptors (Lipinski definition) is 5. The van der Waals surface area contributed by atoms with Crippen molar-refractivity contribution in [3.05, 3.63) is 60.2 Å². The highest BCUT2D eigenvalue weighted by Crippen LogP contribution is 2.44. The van der Waals surface area contributed by atoms with Crippen LogP contribution in [0.15, 0.2) is 59.5 Å². The highest BCUT2D eigenvalue weighted by Gasteiger charge is 2.39. The maximum absolute atomic E-state index is 12.4. The summed E-state index contributed by atoms with van der Waals surface area (Å²) in [6.45, 7) is 1.19. The highest BCUT2D eigenvalue weighted by atomic mass is 32.2. The average molecular weight is 416 g/mol. The van der Waals surface area contributed by atoms with E-state index >= 15 is 0 Å². The normalized spacial score (nSPS) is 15.6. The minimum Gasteiger partial charge on any atom is -0.497 e. The first kappa shape index (κ1) is 21.0. The number of ether oxygens (including phenoxy) is 2. The molecule has 7 heteroatoms. The number of aliphatic carboxylic acids is 1. The van der Waals surface area contributed by atoms with E-state index in [4.69, 9.17) is 9.47 Å². The van der Waals surface area contributed by atoms with Gasteiger partial charge in [-0.25, -0.2) is 4.79 Å². The predicted molar refractivity (Wildman–Crippen MR) is 111 cm³/mol. The van der Waals surface area contributed by atoms with E-state index in [0.717, 1.165) is 16.2 Å². The first-order valence-electron chi connectivity index (χ1n) is 9.50. The van der Waals surface area contributed by atoms with Crippen molar-refractivity contribution in [2.45, 2.75) is 35.5 Å². The number of rotatable bonds is 7. The summed E-state index contributed by atoms with van der Waals surface area (Å²) in [5.74, 6) is -0.0660. The van der Waals surface area contributed by atoms with Gasteiger partial charge in [-0.15, -0.1) is 11.8 Å². The van der Waals surface area contributed by atoms with Crippen molar-refractivity contribution in [1.29, 1.82) is 0 Å². The van der Waals surface area contributed by atoms with Crippen LogP contribution in [0.3, 0.4) is 0 Å². The van der Waals surface area contributed by atoms with Gasteiger partial charge in [0.15, 0.2) is 0 Å². The van der Waals surface area contributed by atoms with Crippen LogP contribution in [0, 0.1) is 0 Å². The maximum Gasteiger partial charge on any atom is 0.410 e. The molecule has 0 bridgehead atoms. The summed E-state index contributed by atoms with van der Waals surface area (Å²) in [6.07, 6.45) is 0.885. The minimum absolute atomic E-state index is 0.0522. The molecule has 1 aliphatic heterocycles. The Morgan fingerprint density at radius 1 is 1.07 bits per heavy atom. The van der Waals surface area contributed by atoms with Gasteiger partial charge in [-0.05, 0) is 42.7 Å². The van der Waals surface area contributed by atoms with Crippen LogP contribution in [-0.4, -0.2) is 47.0 Å². The molecular weight excluding hydrogens is 390 g/mol. The fraction of sp³-hybridized carbons (Fsp3) is 0.364. The van der Waals surface area contributed by atoms with Gasteiger partial charge in [0.1, 0.15) is 12.4 Å². The first-order chi connectivity index (χ1) is 14.0. The van der Waals surface area contributed by atoms with E-state index in [-0.39, 0.29) is 19.1 Å². The molecule has 1 amide bonds. The number of carbonyl (C=O) groups excluding carboxylic acids is 1. The lowest BCUT2D eigenvalue weighted by Crippen LogP contribution is -2.46. The second-order valence-electron chi connectivity index (χ2n) is 7.06. The number of amides is 1. The van der Waals surface area contributed by atoms with Gasteiger partial charge in [0.2, 0.25) is 0 Å². The highest BCUT2D eigenvalue weighted by molar-refractivity contribution is 8.00. The number of likely N-dealkylation sites (tertiary alicyclic amines) is 1. The lowest BCUT2D eigenvalue weighted by molar-refractivity contribution is -0.137. The quantitative estimate of drug-likeness (QED) is 0.721. The first-order valence-corrected chi connectivity index (χ1v) is 10.3. The zero-order chi connectivity index (χ0) is 20.7. The molecule has 154 valence electrons. The van der Waals surface area contributed by atoms with Gasteiger partial charge in [0.25, 0.3) is 0 Å². The second kappa shape index (κ2) is 9.69. The van der Waals surface area contributed by atoms with Crippen molar-refractivity contribution in [3.63, 3.8) is 0 Å². The van der Waals surface area contributed by atoms with E-state index in [1.54, 1.807) is 23.8 Å². The van der Waals surface area contributed by atoms with Crippen molar-refractivity contribution >= 4 is 23.8 Å². The number of carboxylic acid groups (broad SMARTS) is 1. The molecule has 1 aliphatic rings. The average Bonchev–Trinajstić information content (AvgIpc) is 2.73. The molecule has 0 spiro atoms. The van der Waals surface area contributed by atoms with Gasteiger partial charge in [0.05, 0.1) is 13.5 Å². The molecule has 1 N–H and O–H groups in total. The van der Waals surface area contributed by atoms with E-state index in [9.17, 15) is 14.7 Å². The second-order valence-corrected chi connectivity index (χ2v) is 8.60.